The SMILES string of the molecule is Cc1c(-c2ccccc2)cccc1-c1nc(-c2ccc(CC(N)c3ccco3)cc2)no1. The molecule has 32 heavy (non-hydrogen) atoms. The predicted octanol–water partition coefficient (Wildman–Crippen LogP) is 6.21. The molecular weight excluding hydrogens is 398 g/mol. The molecule has 0 aliphatic rings. The lowest BCUT2D eigenvalue weighted by Crippen LogP contribution is -2.12. The maximum absolute atomic E-state index is 6.22. The Hall–Kier alpha value is -3.96. The van der Waals surface area contributed by atoms with E-state index in [1.807, 2.05) is 66.7 Å². The molecule has 0 aliphatic heterocycles. The quantitative estimate of drug-likeness (QED) is 0.352. The van der Waals surface area contributed by atoms with E-state index in [2.05, 4.69) is 35.3 Å². The zero-order valence-corrected chi connectivity index (χ0v) is 17.7. The van der Waals surface area contributed by atoms with Crippen LogP contribution >= 0.6 is 0 Å². The van der Waals surface area contributed by atoms with Gasteiger partial charge in [-0.15, -0.1) is 0 Å². The molecule has 0 amide bonds. The van der Waals surface area contributed by atoms with Gasteiger partial charge in [0.25, 0.3) is 5.89 Å². The lowest BCUT2D eigenvalue weighted by Gasteiger charge is -2.09. The van der Waals surface area contributed by atoms with Crippen molar-refractivity contribution in [2.24, 2.45) is 5.73 Å². The van der Waals surface area contributed by atoms with Gasteiger partial charge in [0.15, 0.2) is 0 Å². The molecule has 5 rings (SSSR count). The van der Waals surface area contributed by atoms with E-state index >= 15 is 0 Å². The first-order chi connectivity index (χ1) is 15.7. The van der Waals surface area contributed by atoms with Crippen molar-refractivity contribution in [1.29, 1.82) is 0 Å². The van der Waals surface area contributed by atoms with Crippen LogP contribution in [0.4, 0.5) is 0 Å². The van der Waals surface area contributed by atoms with Gasteiger partial charge in [0.05, 0.1) is 12.3 Å². The second-order valence-electron chi connectivity index (χ2n) is 7.79. The Kier molecular flexibility index (Phi) is 5.40. The molecule has 3 aromatic carbocycles. The molecule has 0 saturated carbocycles. The molecule has 0 fully saturated rings. The third-order valence-electron chi connectivity index (χ3n) is 5.65. The van der Waals surface area contributed by atoms with Gasteiger partial charge in [-0.05, 0) is 53.8 Å². The highest BCUT2D eigenvalue weighted by Crippen LogP contribution is 2.32. The summed E-state index contributed by atoms with van der Waals surface area (Å²) in [7, 11) is 0. The Morgan fingerprint density at radius 3 is 2.34 bits per heavy atom. The van der Waals surface area contributed by atoms with Crippen molar-refractivity contribution in [1.82, 2.24) is 10.1 Å². The molecule has 0 bridgehead atoms. The molecule has 2 heterocycles. The minimum Gasteiger partial charge on any atom is -0.468 e. The van der Waals surface area contributed by atoms with Crippen molar-refractivity contribution in [2.75, 3.05) is 0 Å². The smallest absolute Gasteiger partial charge is 0.258 e. The number of nitrogens with two attached hydrogens (primary N) is 1. The Labute approximate surface area is 186 Å². The zero-order valence-electron chi connectivity index (χ0n) is 17.7. The largest absolute Gasteiger partial charge is 0.468 e. The van der Waals surface area contributed by atoms with E-state index in [4.69, 9.17) is 14.7 Å². The lowest BCUT2D eigenvalue weighted by atomic mass is 9.96. The van der Waals surface area contributed by atoms with Gasteiger partial charge in [-0.3, -0.25) is 0 Å². The van der Waals surface area contributed by atoms with Crippen LogP contribution in [0.1, 0.15) is 22.9 Å². The van der Waals surface area contributed by atoms with Crippen molar-refractivity contribution in [3.63, 3.8) is 0 Å². The van der Waals surface area contributed by atoms with Crippen molar-refractivity contribution < 1.29 is 8.94 Å². The molecule has 2 N–H and O–H groups in total. The zero-order chi connectivity index (χ0) is 21.9. The Balaban J connectivity index is 1.37. The molecule has 0 spiro atoms. The molecule has 2 aromatic heterocycles. The van der Waals surface area contributed by atoms with Gasteiger partial charge >= 0.3 is 0 Å². The van der Waals surface area contributed by atoms with Gasteiger partial charge in [-0.1, -0.05) is 71.9 Å². The van der Waals surface area contributed by atoms with Crippen LogP contribution in [0.15, 0.2) is 100 Å². The van der Waals surface area contributed by atoms with Crippen LogP contribution in [0.2, 0.25) is 0 Å². The second kappa shape index (κ2) is 8.65. The molecule has 1 unspecified atom stereocenters. The Morgan fingerprint density at radius 2 is 1.59 bits per heavy atom. The maximum Gasteiger partial charge on any atom is 0.258 e. The molecule has 5 aromatic rings. The summed E-state index contributed by atoms with van der Waals surface area (Å²) in [6.07, 6.45) is 2.33. The van der Waals surface area contributed by atoms with E-state index < -0.39 is 0 Å². The monoisotopic (exact) mass is 421 g/mol. The summed E-state index contributed by atoms with van der Waals surface area (Å²) in [6.45, 7) is 2.08. The molecule has 5 heteroatoms. The standard InChI is InChI=1S/C27H23N3O2/c1-18-22(20-7-3-2-4-8-20)9-5-10-23(18)27-29-26(30-32-27)21-14-12-19(13-15-21)17-24(28)25-11-6-16-31-25/h2-16,24H,17,28H2,1H3. The molecule has 0 aliphatic carbocycles. The third-order valence-corrected chi connectivity index (χ3v) is 5.65. The molecular formula is C27H23N3O2. The number of benzene rings is 3. The van der Waals surface area contributed by atoms with Crippen molar-refractivity contribution in [3.05, 3.63) is 108 Å². The summed E-state index contributed by atoms with van der Waals surface area (Å²) in [5.74, 6) is 1.86. The van der Waals surface area contributed by atoms with Crippen LogP contribution in [0.3, 0.4) is 0 Å². The van der Waals surface area contributed by atoms with Crippen molar-refractivity contribution in [2.45, 2.75) is 19.4 Å². The summed E-state index contributed by atoms with van der Waals surface area (Å²) in [4.78, 5) is 4.66. The fraction of sp³-hybridized carbons (Fsp3) is 0.111. The predicted molar refractivity (Wildman–Crippen MR) is 125 cm³/mol. The van der Waals surface area contributed by atoms with E-state index in [0.717, 1.165) is 39.1 Å². The van der Waals surface area contributed by atoms with Crippen LogP contribution in [0.5, 0.6) is 0 Å². The normalized spacial score (nSPS) is 12.1. The fourth-order valence-corrected chi connectivity index (χ4v) is 3.89. The van der Waals surface area contributed by atoms with Gasteiger partial charge < -0.3 is 14.7 Å². The van der Waals surface area contributed by atoms with Crippen LogP contribution in [-0.4, -0.2) is 10.1 Å². The number of hydrogen-bond donors (Lipinski definition) is 1. The topological polar surface area (TPSA) is 78.1 Å². The number of rotatable bonds is 6. The second-order valence-corrected chi connectivity index (χ2v) is 7.79. The van der Waals surface area contributed by atoms with Gasteiger partial charge in [-0.25, -0.2) is 0 Å². The average molecular weight is 422 g/mol. The van der Waals surface area contributed by atoms with Crippen molar-refractivity contribution in [3.8, 4) is 34.0 Å². The Bertz CT molecular complexity index is 1310. The minimum absolute atomic E-state index is 0.174. The number of aromatic nitrogens is 2. The molecule has 158 valence electrons. The highest BCUT2D eigenvalue weighted by Gasteiger charge is 2.15. The molecule has 0 saturated heterocycles. The van der Waals surface area contributed by atoms with E-state index in [9.17, 15) is 0 Å². The summed E-state index contributed by atoms with van der Waals surface area (Å²) in [5.41, 5.74) is 12.6. The minimum atomic E-state index is -0.174. The summed E-state index contributed by atoms with van der Waals surface area (Å²) >= 11 is 0. The third kappa shape index (κ3) is 3.98. The van der Waals surface area contributed by atoms with Crippen LogP contribution < -0.4 is 5.73 Å². The molecule has 1 atom stereocenters. The van der Waals surface area contributed by atoms with E-state index in [-0.39, 0.29) is 6.04 Å². The highest BCUT2D eigenvalue weighted by molar-refractivity contribution is 5.75. The van der Waals surface area contributed by atoms with Crippen LogP contribution in [0.25, 0.3) is 34.0 Å². The maximum atomic E-state index is 6.22. The van der Waals surface area contributed by atoms with E-state index in [1.165, 1.54) is 0 Å². The van der Waals surface area contributed by atoms with Crippen LogP contribution in [-0.2, 0) is 6.42 Å². The highest BCUT2D eigenvalue weighted by atomic mass is 16.5. The van der Waals surface area contributed by atoms with E-state index in [0.29, 0.717) is 18.1 Å². The van der Waals surface area contributed by atoms with E-state index in [1.54, 1.807) is 6.26 Å². The van der Waals surface area contributed by atoms with Crippen molar-refractivity contribution >= 4 is 0 Å². The van der Waals surface area contributed by atoms with Gasteiger partial charge in [0, 0.05) is 11.1 Å². The Morgan fingerprint density at radius 1 is 0.812 bits per heavy atom. The summed E-state index contributed by atoms with van der Waals surface area (Å²) < 4.78 is 11.0. The van der Waals surface area contributed by atoms with Crippen LogP contribution in [0, 0.1) is 6.92 Å². The van der Waals surface area contributed by atoms with Gasteiger partial charge in [-0.2, -0.15) is 4.98 Å². The summed E-state index contributed by atoms with van der Waals surface area (Å²) in [6, 6.07) is 28.1. The first-order valence-corrected chi connectivity index (χ1v) is 10.6. The number of hydrogen-bond acceptors (Lipinski definition) is 5. The van der Waals surface area contributed by atoms with Gasteiger partial charge in [0.2, 0.25) is 5.82 Å². The number of nitrogens with zero attached hydrogens (tertiary/aromatic N) is 2. The first-order valence-electron chi connectivity index (χ1n) is 10.6. The lowest BCUT2D eigenvalue weighted by molar-refractivity contribution is 0.432. The summed E-state index contributed by atoms with van der Waals surface area (Å²) in [5, 5.41) is 4.21. The first kappa shape index (κ1) is 20.0. The molecule has 0 radical (unpaired) electrons. The average Bonchev–Trinajstić information content (AvgIpc) is 3.53. The molecule has 5 nitrogen and oxygen atoms in total. The fourth-order valence-electron chi connectivity index (χ4n) is 3.89. The number of furan rings is 1. The van der Waals surface area contributed by atoms with Gasteiger partial charge in [0.1, 0.15) is 5.76 Å².